The highest BCUT2D eigenvalue weighted by atomic mass is 32.3. The van der Waals surface area contributed by atoms with Crippen LogP contribution in [0.5, 0.6) is 5.75 Å². The van der Waals surface area contributed by atoms with Crippen molar-refractivity contribution in [1.29, 1.82) is 0 Å². The van der Waals surface area contributed by atoms with Gasteiger partial charge in [-0.05, 0) is 31.0 Å². The van der Waals surface area contributed by atoms with Crippen molar-refractivity contribution >= 4 is 43.1 Å². The van der Waals surface area contributed by atoms with Crippen LogP contribution in [-0.2, 0) is 55.7 Å². The number of hydrogen-bond donors (Lipinski definition) is 3. The molecule has 0 saturated heterocycles. The SMILES string of the molecule is CC(OC(=O)C(CCC[NH+]=C(N)N)[N+](C)(C)C)C(OS(=O)(=O)[O-])c1ccc(OS(=O)(=O)[O-])c(COS(=O)(=O)[O-])c1. The number of esters is 1. The summed E-state index contributed by atoms with van der Waals surface area (Å²) in [4.78, 5) is 15.8. The van der Waals surface area contributed by atoms with E-state index in [4.69, 9.17) is 16.2 Å². The molecule has 0 aliphatic rings. The quantitative estimate of drug-likeness (QED) is 0.0298. The van der Waals surface area contributed by atoms with Crippen molar-refractivity contribution in [2.75, 3.05) is 27.7 Å². The maximum Gasteiger partial charge on any atom is 0.365 e. The van der Waals surface area contributed by atoms with Crippen LogP contribution in [0.25, 0.3) is 0 Å². The summed E-state index contributed by atoms with van der Waals surface area (Å²) < 4.78 is 119. The second-order valence-corrected chi connectivity index (χ2v) is 12.3. The Balaban J connectivity index is 3.41. The minimum atomic E-state index is -5.45. The largest absolute Gasteiger partial charge is 0.726 e. The zero-order chi connectivity index (χ0) is 31.1. The summed E-state index contributed by atoms with van der Waals surface area (Å²) in [6, 6.07) is 1.78. The molecular formula is C19H31N4O14S3-. The minimum absolute atomic E-state index is 0.0151. The number of rotatable bonds is 16. The third-order valence-electron chi connectivity index (χ3n) is 5.10. The molecule has 3 atom stereocenters. The predicted molar refractivity (Wildman–Crippen MR) is 131 cm³/mol. The molecule has 0 aliphatic heterocycles. The molecule has 0 aliphatic carbocycles. The molecule has 1 rings (SSSR count). The number of carbonyl (C=O) groups is 1. The lowest BCUT2D eigenvalue weighted by molar-refractivity contribution is -0.887. The first-order valence-corrected chi connectivity index (χ1v) is 15.1. The van der Waals surface area contributed by atoms with Crippen molar-refractivity contribution in [3.05, 3.63) is 29.3 Å². The van der Waals surface area contributed by atoms with Crippen LogP contribution < -0.4 is 20.6 Å². The van der Waals surface area contributed by atoms with E-state index in [-0.39, 0.29) is 22.4 Å². The predicted octanol–water partition coefficient (Wildman–Crippen LogP) is -3.84. The number of benzene rings is 1. The fourth-order valence-electron chi connectivity index (χ4n) is 3.42. The zero-order valence-corrected chi connectivity index (χ0v) is 24.3. The smallest absolute Gasteiger partial charge is 0.365 e. The van der Waals surface area contributed by atoms with Crippen molar-refractivity contribution < 1.29 is 70.5 Å². The molecule has 0 radical (unpaired) electrons. The monoisotopic (exact) mass is 635 g/mol. The molecule has 5 N–H and O–H groups in total. The van der Waals surface area contributed by atoms with E-state index in [1.54, 1.807) is 21.1 Å². The summed E-state index contributed by atoms with van der Waals surface area (Å²) >= 11 is 0. The topological polar surface area (TPSA) is 292 Å². The number of nitrogens with one attached hydrogen (secondary N) is 1. The first kappa shape index (κ1) is 35.4. The first-order chi connectivity index (χ1) is 18.0. The molecule has 40 heavy (non-hydrogen) atoms. The van der Waals surface area contributed by atoms with Crippen LogP contribution in [0.4, 0.5) is 0 Å². The van der Waals surface area contributed by atoms with Crippen molar-refractivity contribution in [3.63, 3.8) is 0 Å². The zero-order valence-electron chi connectivity index (χ0n) is 21.8. The van der Waals surface area contributed by atoms with Gasteiger partial charge < -0.3 is 27.1 Å². The number of nitrogens with zero attached hydrogens (tertiary/aromatic N) is 1. The van der Waals surface area contributed by atoms with E-state index in [0.717, 1.165) is 18.2 Å². The van der Waals surface area contributed by atoms with E-state index in [1.165, 1.54) is 6.92 Å². The maximum atomic E-state index is 13.1. The van der Waals surface area contributed by atoms with Gasteiger partial charge in [0, 0.05) is 12.0 Å². The molecule has 0 fully saturated rings. The Morgan fingerprint density at radius 2 is 1.60 bits per heavy atom. The van der Waals surface area contributed by atoms with Crippen molar-refractivity contribution in [2.45, 2.75) is 44.6 Å². The number of ether oxygens (including phenoxy) is 1. The number of likely N-dealkylation sites (N-methyl/N-ethyl adjacent to an activating group) is 1. The van der Waals surface area contributed by atoms with E-state index in [9.17, 15) is 43.7 Å². The molecule has 230 valence electrons. The highest BCUT2D eigenvalue weighted by Gasteiger charge is 2.36. The third-order valence-corrected chi connectivity index (χ3v) is 6.34. The summed E-state index contributed by atoms with van der Waals surface area (Å²) in [7, 11) is -11.1. The van der Waals surface area contributed by atoms with E-state index >= 15 is 0 Å². The van der Waals surface area contributed by atoms with Gasteiger partial charge in [-0.3, -0.25) is 24.8 Å². The summed E-state index contributed by atoms with van der Waals surface area (Å²) in [6.07, 6.45) is -2.65. The van der Waals surface area contributed by atoms with Crippen LogP contribution in [0.3, 0.4) is 0 Å². The first-order valence-electron chi connectivity index (χ1n) is 11.1. The van der Waals surface area contributed by atoms with Gasteiger partial charge in [0.25, 0.3) is 10.4 Å². The van der Waals surface area contributed by atoms with Gasteiger partial charge in [0.1, 0.15) is 18.0 Å². The van der Waals surface area contributed by atoms with Crippen LogP contribution in [-0.4, -0.2) is 95.2 Å². The second-order valence-electron chi connectivity index (χ2n) is 9.25. The Morgan fingerprint density at radius 3 is 2.08 bits per heavy atom. The highest BCUT2D eigenvalue weighted by Crippen LogP contribution is 2.31. The molecule has 0 aromatic heterocycles. The normalized spacial score (nSPS) is 15.1. The third kappa shape index (κ3) is 13.6. The van der Waals surface area contributed by atoms with E-state index in [0.29, 0.717) is 13.0 Å². The van der Waals surface area contributed by atoms with Gasteiger partial charge in [0.2, 0.25) is 20.8 Å². The van der Waals surface area contributed by atoms with Gasteiger partial charge in [0.15, 0.2) is 6.04 Å². The molecule has 0 saturated carbocycles. The number of guanidine groups is 1. The molecule has 18 nitrogen and oxygen atoms in total. The van der Waals surface area contributed by atoms with Crippen molar-refractivity contribution in [1.82, 2.24) is 0 Å². The van der Waals surface area contributed by atoms with Gasteiger partial charge in [-0.25, -0.2) is 30.0 Å². The number of carbonyl (C=O) groups excluding carboxylic acids is 1. The summed E-state index contributed by atoms with van der Waals surface area (Å²) in [5, 5.41) is 0. The van der Waals surface area contributed by atoms with E-state index in [2.05, 4.69) is 17.5 Å². The number of nitrogens with two attached hydrogens (primary N) is 2. The Kier molecular flexibility index (Phi) is 12.2. The molecule has 21 heteroatoms. The Hall–Kier alpha value is -2.63. The molecule has 0 spiro atoms. The van der Waals surface area contributed by atoms with Crippen LogP contribution in [0.15, 0.2) is 18.2 Å². The molecule has 1 aromatic carbocycles. The average molecular weight is 636 g/mol. The Morgan fingerprint density at radius 1 is 1.00 bits per heavy atom. The highest BCUT2D eigenvalue weighted by molar-refractivity contribution is 7.81. The Bertz CT molecular complexity index is 1390. The van der Waals surface area contributed by atoms with Crippen LogP contribution >= 0.6 is 0 Å². The maximum absolute atomic E-state index is 13.1. The van der Waals surface area contributed by atoms with Gasteiger partial charge in [-0.15, -0.1) is 0 Å². The lowest BCUT2D eigenvalue weighted by Crippen LogP contribution is -2.78. The average Bonchev–Trinajstić information content (AvgIpc) is 2.73. The fraction of sp³-hybridized carbons (Fsp3) is 0.579. The standard InChI is InChI=1S/C19H32N4O14S3/c1-12(35-18(24)15(23(2,3)4)6-5-9-22-19(20)21)17(37-40(31,32)33)13-7-8-16(36-39(28,29)30)14(10-13)11-34-38(25,26)27/h7-8,10,12,15,17H,5-6,9,11H2,1-4H3,(H6-,20,21,22,25,26,27,28,29,30,31,32,33)/p-1. The summed E-state index contributed by atoms with van der Waals surface area (Å²) in [6.45, 7) is 0.369. The molecule has 1 aromatic rings. The molecule has 0 heterocycles. The number of quaternary nitrogens is 1. The minimum Gasteiger partial charge on any atom is -0.726 e. The van der Waals surface area contributed by atoms with Crippen LogP contribution in [0.2, 0.25) is 0 Å². The van der Waals surface area contributed by atoms with Crippen LogP contribution in [0.1, 0.15) is 37.0 Å². The van der Waals surface area contributed by atoms with Gasteiger partial charge >= 0.3 is 11.9 Å². The van der Waals surface area contributed by atoms with Gasteiger partial charge in [0.05, 0.1) is 34.3 Å². The van der Waals surface area contributed by atoms with Crippen molar-refractivity contribution in [3.8, 4) is 5.75 Å². The molecule has 3 unspecified atom stereocenters. The molecule has 0 amide bonds. The Labute approximate surface area is 232 Å². The lowest BCUT2D eigenvalue weighted by atomic mass is 10.0. The van der Waals surface area contributed by atoms with Crippen LogP contribution in [0, 0.1) is 0 Å². The molecule has 0 bridgehead atoms. The van der Waals surface area contributed by atoms with Crippen molar-refractivity contribution in [2.24, 2.45) is 11.5 Å². The molecular weight excluding hydrogens is 604 g/mol. The summed E-state index contributed by atoms with van der Waals surface area (Å²) in [5.74, 6) is -1.59. The van der Waals surface area contributed by atoms with E-state index in [1.807, 2.05) is 0 Å². The van der Waals surface area contributed by atoms with Gasteiger partial charge in [-0.1, -0.05) is 6.07 Å². The summed E-state index contributed by atoms with van der Waals surface area (Å²) in [5.41, 5.74) is 9.86. The second kappa shape index (κ2) is 13.8. The fourth-order valence-corrected chi connectivity index (χ4v) is 4.60. The number of hydrogen-bond acceptors (Lipinski definition) is 14. The van der Waals surface area contributed by atoms with E-state index < -0.39 is 73.3 Å². The van der Waals surface area contributed by atoms with Gasteiger partial charge in [-0.2, -0.15) is 0 Å². The lowest BCUT2D eigenvalue weighted by Gasteiger charge is -2.34.